The first kappa shape index (κ1) is 34.5. The number of nitrogens with one attached hydrogen (secondary N) is 1. The van der Waals surface area contributed by atoms with Crippen LogP contribution in [0.1, 0.15) is 79.6 Å². The predicted molar refractivity (Wildman–Crippen MR) is 160 cm³/mol. The van der Waals surface area contributed by atoms with Gasteiger partial charge in [0.25, 0.3) is 0 Å². The Balaban J connectivity index is 1.76. The van der Waals surface area contributed by atoms with Crippen molar-refractivity contribution in [3.05, 3.63) is 36.0 Å². The van der Waals surface area contributed by atoms with Gasteiger partial charge in [0.1, 0.15) is 12.6 Å². The van der Waals surface area contributed by atoms with Crippen molar-refractivity contribution in [2.75, 3.05) is 26.4 Å². The van der Waals surface area contributed by atoms with E-state index in [0.29, 0.717) is 32.5 Å². The van der Waals surface area contributed by atoms with Crippen molar-refractivity contribution < 1.29 is 43.2 Å². The molecule has 2 aliphatic heterocycles. The van der Waals surface area contributed by atoms with Crippen molar-refractivity contribution in [1.29, 1.82) is 0 Å². The van der Waals surface area contributed by atoms with Crippen LogP contribution in [0.4, 0.5) is 0 Å². The van der Waals surface area contributed by atoms with Crippen molar-refractivity contribution in [2.24, 2.45) is 22.7 Å². The molecule has 0 aromatic rings. The molecule has 0 radical (unpaired) electrons. The van der Waals surface area contributed by atoms with E-state index in [4.69, 9.17) is 24.1 Å². The topological polar surface area (TPSA) is 137 Å². The molecule has 1 amide bonds. The number of hydrogen-bond acceptors (Lipinski definition) is 8. The highest BCUT2D eigenvalue weighted by Crippen LogP contribution is 2.56. The summed E-state index contributed by atoms with van der Waals surface area (Å²) in [7, 11) is 0. The molecule has 4 unspecified atom stereocenters. The standard InChI is InChI=1S/C33H49NO9/c1-6-23(4)30(38)34-29(24(7-2)14-17-41-28(37)11-9-8-10-27(35)36)31(39)42-21-33-16-12-22(3)18-26(33)43-25-13-15-32(33,5)20-40-19-25/h8-11,18,23-26,29H,6-7,12-17,19-21H2,1-5H3,(H,34,38)(H,35,36)/b10-8-,11-9+/t23?,24-,25?,26-,29?,32?,33-/m1/s1. The van der Waals surface area contributed by atoms with E-state index in [0.717, 1.165) is 37.8 Å². The van der Waals surface area contributed by atoms with Crippen LogP contribution in [0, 0.1) is 22.7 Å². The highest BCUT2D eigenvalue weighted by Gasteiger charge is 2.58. The van der Waals surface area contributed by atoms with E-state index in [-0.39, 0.29) is 48.6 Å². The van der Waals surface area contributed by atoms with Gasteiger partial charge in [0.05, 0.1) is 32.0 Å². The fourth-order valence-electron chi connectivity index (χ4n) is 6.34. The van der Waals surface area contributed by atoms with Gasteiger partial charge >= 0.3 is 17.9 Å². The molecule has 3 aliphatic rings. The first-order valence-corrected chi connectivity index (χ1v) is 15.6. The monoisotopic (exact) mass is 603 g/mol. The van der Waals surface area contributed by atoms with Gasteiger partial charge in [-0.15, -0.1) is 0 Å². The minimum atomic E-state index is -1.12. The minimum Gasteiger partial charge on any atom is -0.478 e. The Kier molecular flexibility index (Phi) is 12.6. The molecule has 0 saturated carbocycles. The van der Waals surface area contributed by atoms with Crippen LogP contribution in [0.5, 0.6) is 0 Å². The quantitative estimate of drug-likeness (QED) is 0.127. The molecule has 240 valence electrons. The molecule has 0 spiro atoms. The maximum absolute atomic E-state index is 13.9. The number of hydrogen-bond donors (Lipinski definition) is 2. The Hall–Kier alpha value is -2.98. The summed E-state index contributed by atoms with van der Waals surface area (Å²) in [6.07, 6.45) is 11.5. The van der Waals surface area contributed by atoms with Crippen LogP contribution in [-0.2, 0) is 38.1 Å². The van der Waals surface area contributed by atoms with E-state index in [9.17, 15) is 19.2 Å². The average molecular weight is 604 g/mol. The summed E-state index contributed by atoms with van der Waals surface area (Å²) in [6.45, 7) is 11.3. The molecule has 10 nitrogen and oxygen atoms in total. The lowest BCUT2D eigenvalue weighted by molar-refractivity contribution is -0.188. The van der Waals surface area contributed by atoms with Crippen LogP contribution < -0.4 is 5.32 Å². The summed E-state index contributed by atoms with van der Waals surface area (Å²) in [5, 5.41) is 11.6. The van der Waals surface area contributed by atoms with E-state index >= 15 is 0 Å². The molecule has 2 bridgehead atoms. The zero-order valence-corrected chi connectivity index (χ0v) is 26.3. The summed E-state index contributed by atoms with van der Waals surface area (Å²) < 4.78 is 24.1. The van der Waals surface area contributed by atoms with Crippen molar-refractivity contribution in [3.63, 3.8) is 0 Å². The number of rotatable bonds is 14. The lowest BCUT2D eigenvalue weighted by Crippen LogP contribution is -2.57. The molecule has 2 fully saturated rings. The molecule has 10 heteroatoms. The number of carboxylic acid groups (broad SMARTS) is 1. The lowest BCUT2D eigenvalue weighted by atomic mass is 9.56. The van der Waals surface area contributed by atoms with Gasteiger partial charge in [0.15, 0.2) is 0 Å². The fourth-order valence-corrected chi connectivity index (χ4v) is 6.34. The second-order valence-electron chi connectivity index (χ2n) is 12.5. The molecule has 0 aromatic heterocycles. The summed E-state index contributed by atoms with van der Waals surface area (Å²) in [6, 6.07) is -0.912. The summed E-state index contributed by atoms with van der Waals surface area (Å²) in [5.41, 5.74) is 0.561. The van der Waals surface area contributed by atoms with Crippen LogP contribution in [0.3, 0.4) is 0 Å². The highest BCUT2D eigenvalue weighted by atomic mass is 16.6. The normalized spacial score (nSPS) is 29.1. The molecule has 3 rings (SSSR count). The smallest absolute Gasteiger partial charge is 0.330 e. The summed E-state index contributed by atoms with van der Waals surface area (Å²) in [4.78, 5) is 49.5. The molecule has 2 heterocycles. The van der Waals surface area contributed by atoms with Gasteiger partial charge in [-0.1, -0.05) is 57.9 Å². The lowest BCUT2D eigenvalue weighted by Gasteiger charge is -2.52. The van der Waals surface area contributed by atoms with Gasteiger partial charge in [-0.25, -0.2) is 14.4 Å². The first-order valence-electron chi connectivity index (χ1n) is 15.6. The number of carbonyl (C=O) groups is 4. The van der Waals surface area contributed by atoms with Crippen molar-refractivity contribution in [3.8, 4) is 0 Å². The van der Waals surface area contributed by atoms with Gasteiger partial charge in [-0.05, 0) is 51.4 Å². The minimum absolute atomic E-state index is 0.00402. The van der Waals surface area contributed by atoms with Gasteiger partial charge in [0, 0.05) is 28.9 Å². The number of aliphatic carboxylic acids is 1. The molecule has 0 aromatic carbocycles. The van der Waals surface area contributed by atoms with Crippen LogP contribution in [0.15, 0.2) is 36.0 Å². The summed E-state index contributed by atoms with van der Waals surface area (Å²) in [5.74, 6) is -3.11. The second-order valence-corrected chi connectivity index (χ2v) is 12.5. The number of carboxylic acids is 1. The van der Waals surface area contributed by atoms with E-state index < -0.39 is 29.4 Å². The largest absolute Gasteiger partial charge is 0.478 e. The second kappa shape index (κ2) is 15.7. The number of esters is 2. The van der Waals surface area contributed by atoms with Gasteiger partial charge in [-0.2, -0.15) is 0 Å². The zero-order valence-electron chi connectivity index (χ0n) is 26.3. The number of amides is 1. The van der Waals surface area contributed by atoms with Gasteiger partial charge < -0.3 is 29.4 Å². The van der Waals surface area contributed by atoms with Gasteiger partial charge in [-0.3, -0.25) is 4.79 Å². The van der Waals surface area contributed by atoms with Crippen LogP contribution in [0.2, 0.25) is 0 Å². The third kappa shape index (κ3) is 8.79. The number of fused-ring (bicyclic) bond motifs is 5. The van der Waals surface area contributed by atoms with Crippen molar-refractivity contribution >= 4 is 23.8 Å². The van der Waals surface area contributed by atoms with E-state index in [1.807, 2.05) is 20.8 Å². The Labute approximate surface area is 255 Å². The fraction of sp³-hybridized carbons (Fsp3) is 0.697. The van der Waals surface area contributed by atoms with Crippen molar-refractivity contribution in [2.45, 2.75) is 97.8 Å². The molecule has 2 saturated heterocycles. The predicted octanol–water partition coefficient (Wildman–Crippen LogP) is 4.53. The Morgan fingerprint density at radius 1 is 1.14 bits per heavy atom. The molecular weight excluding hydrogens is 554 g/mol. The molecule has 1 aliphatic carbocycles. The molecule has 7 atom stereocenters. The number of carbonyl (C=O) groups excluding carboxylic acids is 3. The Morgan fingerprint density at radius 3 is 2.58 bits per heavy atom. The van der Waals surface area contributed by atoms with E-state index in [2.05, 4.69) is 25.2 Å². The summed E-state index contributed by atoms with van der Waals surface area (Å²) >= 11 is 0. The van der Waals surface area contributed by atoms with Crippen LogP contribution >= 0.6 is 0 Å². The van der Waals surface area contributed by atoms with Crippen LogP contribution in [0.25, 0.3) is 0 Å². The Morgan fingerprint density at radius 2 is 1.88 bits per heavy atom. The van der Waals surface area contributed by atoms with E-state index in [1.165, 1.54) is 17.7 Å². The Bertz CT molecular complexity index is 1100. The van der Waals surface area contributed by atoms with Gasteiger partial charge in [0.2, 0.25) is 5.91 Å². The first-order chi connectivity index (χ1) is 20.4. The highest BCUT2D eigenvalue weighted by molar-refractivity contribution is 5.86. The molecular formula is C33H49NO9. The molecule has 43 heavy (non-hydrogen) atoms. The number of allylic oxidation sites excluding steroid dienone is 3. The maximum Gasteiger partial charge on any atom is 0.330 e. The third-order valence-electron chi connectivity index (χ3n) is 9.62. The van der Waals surface area contributed by atoms with E-state index in [1.54, 1.807) is 0 Å². The third-order valence-corrected chi connectivity index (χ3v) is 9.62. The molecule has 2 N–H and O–H groups in total. The SMILES string of the molecule is CCC(C)C(=O)NC(C(=O)OC[C@]12CCC(C)=C[C@H]1OC1CCC2(C)COC1)[C@H](CC)CCOC(=O)/C=C/C=C\C(=O)O. The van der Waals surface area contributed by atoms with Crippen molar-refractivity contribution in [1.82, 2.24) is 5.32 Å². The zero-order chi connectivity index (χ0) is 31.6. The number of ether oxygens (including phenoxy) is 4. The average Bonchev–Trinajstić information content (AvgIpc) is 3.23. The van der Waals surface area contributed by atoms with Crippen LogP contribution in [-0.4, -0.2) is 73.6 Å². The maximum atomic E-state index is 13.9.